The molecule has 0 aliphatic carbocycles. The summed E-state index contributed by atoms with van der Waals surface area (Å²) in [5.41, 5.74) is 1.01. The zero-order valence-electron chi connectivity index (χ0n) is 15.0. The van der Waals surface area contributed by atoms with Gasteiger partial charge < -0.3 is 14.6 Å². The highest BCUT2D eigenvalue weighted by molar-refractivity contribution is 7.99. The molecule has 0 fully saturated rings. The first-order valence-electron chi connectivity index (χ1n) is 8.63. The van der Waals surface area contributed by atoms with Crippen molar-refractivity contribution in [1.82, 2.24) is 0 Å². The van der Waals surface area contributed by atoms with Crippen LogP contribution in [0, 0.1) is 0 Å². The van der Waals surface area contributed by atoms with E-state index in [1.807, 2.05) is 44.2 Å². The number of hydrogen-bond acceptors (Lipinski definition) is 5. The van der Waals surface area contributed by atoms with Crippen molar-refractivity contribution in [1.29, 1.82) is 0 Å². The smallest absolute Gasteiger partial charge is 0.412 e. The number of thioether (sulfide) groups is 1. The van der Waals surface area contributed by atoms with Crippen LogP contribution in [0.1, 0.15) is 32.3 Å². The number of cyclic esters (lactones) is 1. The second kappa shape index (κ2) is 7.91. The summed E-state index contributed by atoms with van der Waals surface area (Å²) >= 11 is 1.77. The van der Waals surface area contributed by atoms with Gasteiger partial charge >= 0.3 is 6.09 Å². The number of phenols is 1. The Morgan fingerprint density at radius 1 is 1.15 bits per heavy atom. The monoisotopic (exact) mass is 373 g/mol. The Bertz CT molecular complexity index is 774. The van der Waals surface area contributed by atoms with E-state index in [1.165, 1.54) is 0 Å². The number of amides is 1. The summed E-state index contributed by atoms with van der Waals surface area (Å²) in [4.78, 5) is 12.7. The maximum Gasteiger partial charge on any atom is 0.412 e. The van der Waals surface area contributed by atoms with Crippen LogP contribution in [0.25, 0.3) is 0 Å². The van der Waals surface area contributed by atoms with Gasteiger partial charge in [-0.1, -0.05) is 0 Å². The molecule has 0 unspecified atom stereocenters. The van der Waals surface area contributed by atoms with Crippen molar-refractivity contribution >= 4 is 23.5 Å². The molecule has 138 valence electrons. The van der Waals surface area contributed by atoms with E-state index in [9.17, 15) is 9.90 Å². The van der Waals surface area contributed by atoms with Crippen molar-refractivity contribution in [2.45, 2.75) is 37.2 Å². The molecule has 0 atom stereocenters. The second-order valence-corrected chi connectivity index (χ2v) is 7.80. The lowest BCUT2D eigenvalue weighted by Gasteiger charge is -2.32. The summed E-state index contributed by atoms with van der Waals surface area (Å²) < 4.78 is 11.2. The average molecular weight is 373 g/mol. The van der Waals surface area contributed by atoms with Gasteiger partial charge in [0.25, 0.3) is 0 Å². The molecule has 3 rings (SSSR count). The Balaban J connectivity index is 1.44. The second-order valence-electron chi connectivity index (χ2n) is 6.63. The topological polar surface area (TPSA) is 67.8 Å². The number of aromatic hydroxyl groups is 1. The summed E-state index contributed by atoms with van der Waals surface area (Å²) in [6.07, 6.45) is 1.57. The van der Waals surface area contributed by atoms with E-state index < -0.39 is 11.7 Å². The normalized spacial score (nSPS) is 14.9. The van der Waals surface area contributed by atoms with Crippen LogP contribution in [0.15, 0.2) is 47.4 Å². The van der Waals surface area contributed by atoms with Crippen molar-refractivity contribution in [3.05, 3.63) is 48.0 Å². The molecule has 0 radical (unpaired) electrons. The Morgan fingerprint density at radius 3 is 2.69 bits per heavy atom. The van der Waals surface area contributed by atoms with Crippen molar-refractivity contribution in [3.8, 4) is 11.5 Å². The van der Waals surface area contributed by atoms with Gasteiger partial charge in [0.15, 0.2) is 0 Å². The van der Waals surface area contributed by atoms with Gasteiger partial charge in [-0.25, -0.2) is 4.79 Å². The Morgan fingerprint density at radius 2 is 1.92 bits per heavy atom. The van der Waals surface area contributed by atoms with Crippen LogP contribution >= 0.6 is 11.8 Å². The van der Waals surface area contributed by atoms with Gasteiger partial charge in [-0.3, -0.25) is 5.32 Å². The van der Waals surface area contributed by atoms with Gasteiger partial charge in [0.2, 0.25) is 0 Å². The summed E-state index contributed by atoms with van der Waals surface area (Å²) in [6.45, 7) is 4.38. The third-order valence-corrected chi connectivity index (χ3v) is 5.24. The Hall–Kier alpha value is -2.34. The Labute approximate surface area is 157 Å². The molecular formula is C20H23NO4S. The standard InChI is InChI=1S/C20H23NO4S/c1-20(2)17-13-15(7-10-18(17)21-19(23)25-20)24-11-3-4-12-26-16-8-5-14(22)6-9-16/h5-10,13,22H,3-4,11-12H2,1-2H3,(H,21,23). The van der Waals surface area contributed by atoms with Gasteiger partial charge in [0.05, 0.1) is 12.3 Å². The first-order chi connectivity index (χ1) is 12.4. The van der Waals surface area contributed by atoms with Gasteiger partial charge in [-0.05, 0) is 74.9 Å². The molecule has 2 N–H and O–H groups in total. The minimum atomic E-state index is -0.669. The molecule has 1 aliphatic heterocycles. The van der Waals surface area contributed by atoms with Gasteiger partial charge in [0, 0.05) is 10.5 Å². The van der Waals surface area contributed by atoms with E-state index >= 15 is 0 Å². The van der Waals surface area contributed by atoms with E-state index in [0.717, 1.165) is 40.5 Å². The fourth-order valence-corrected chi connectivity index (χ4v) is 3.68. The number of fused-ring (bicyclic) bond motifs is 1. The van der Waals surface area contributed by atoms with Crippen molar-refractivity contribution in [2.75, 3.05) is 17.7 Å². The lowest BCUT2D eigenvalue weighted by Crippen LogP contribution is -2.34. The Kier molecular flexibility index (Phi) is 5.61. The number of phenolic OH excluding ortho intramolecular Hbond substituents is 1. The molecule has 1 aliphatic rings. The maximum atomic E-state index is 11.5. The third-order valence-electron chi connectivity index (χ3n) is 4.14. The number of hydrogen-bond donors (Lipinski definition) is 2. The molecule has 0 spiro atoms. The van der Waals surface area contributed by atoms with Crippen LogP contribution in [0.3, 0.4) is 0 Å². The van der Waals surface area contributed by atoms with E-state index in [2.05, 4.69) is 5.32 Å². The predicted molar refractivity (Wildman–Crippen MR) is 103 cm³/mol. The van der Waals surface area contributed by atoms with E-state index in [-0.39, 0.29) is 0 Å². The SMILES string of the molecule is CC1(C)OC(=O)Nc2ccc(OCCCCSc3ccc(O)cc3)cc21. The maximum absolute atomic E-state index is 11.5. The molecule has 0 aromatic heterocycles. The summed E-state index contributed by atoms with van der Waals surface area (Å²) in [5, 5.41) is 12.0. The van der Waals surface area contributed by atoms with Crippen molar-refractivity contribution in [3.63, 3.8) is 0 Å². The van der Waals surface area contributed by atoms with Crippen LogP contribution in [0.4, 0.5) is 10.5 Å². The highest BCUT2D eigenvalue weighted by Gasteiger charge is 2.33. The number of carbonyl (C=O) groups excluding carboxylic acids is 1. The number of rotatable bonds is 7. The third kappa shape index (κ3) is 4.64. The number of ether oxygens (including phenoxy) is 2. The van der Waals surface area contributed by atoms with Gasteiger partial charge in [0.1, 0.15) is 17.1 Å². The van der Waals surface area contributed by atoms with Crippen LogP contribution in [-0.4, -0.2) is 23.6 Å². The lowest BCUT2D eigenvalue weighted by atomic mass is 9.94. The summed E-state index contributed by atoms with van der Waals surface area (Å²) in [6, 6.07) is 12.9. The van der Waals surface area contributed by atoms with E-state index in [0.29, 0.717) is 12.4 Å². The summed E-state index contributed by atoms with van der Waals surface area (Å²) in [7, 11) is 0. The highest BCUT2D eigenvalue weighted by Crippen LogP contribution is 2.37. The zero-order chi connectivity index (χ0) is 18.6. The largest absolute Gasteiger partial charge is 0.508 e. The summed E-state index contributed by atoms with van der Waals surface area (Å²) in [5.74, 6) is 2.08. The van der Waals surface area contributed by atoms with E-state index in [4.69, 9.17) is 9.47 Å². The molecule has 5 nitrogen and oxygen atoms in total. The predicted octanol–water partition coefficient (Wildman–Crippen LogP) is 5.14. The molecule has 2 aromatic rings. The lowest BCUT2D eigenvalue weighted by molar-refractivity contribution is 0.0418. The van der Waals surface area contributed by atoms with E-state index in [1.54, 1.807) is 23.9 Å². The molecule has 0 bridgehead atoms. The number of carbonyl (C=O) groups is 1. The molecule has 1 amide bonds. The number of benzene rings is 2. The molecule has 0 saturated carbocycles. The van der Waals surface area contributed by atoms with Crippen LogP contribution in [0.2, 0.25) is 0 Å². The molecule has 1 heterocycles. The molecular weight excluding hydrogens is 350 g/mol. The fraction of sp³-hybridized carbons (Fsp3) is 0.350. The zero-order valence-corrected chi connectivity index (χ0v) is 15.8. The molecule has 6 heteroatoms. The van der Waals surface area contributed by atoms with Gasteiger partial charge in [-0.15, -0.1) is 11.8 Å². The minimum Gasteiger partial charge on any atom is -0.508 e. The first-order valence-corrected chi connectivity index (χ1v) is 9.62. The highest BCUT2D eigenvalue weighted by atomic mass is 32.2. The quantitative estimate of drug-likeness (QED) is 0.519. The van der Waals surface area contributed by atoms with Crippen molar-refractivity contribution < 1.29 is 19.4 Å². The number of unbranched alkanes of at least 4 members (excludes halogenated alkanes) is 1. The molecule has 0 saturated heterocycles. The molecule has 2 aromatic carbocycles. The van der Waals surface area contributed by atoms with Crippen molar-refractivity contribution in [2.24, 2.45) is 0 Å². The minimum absolute atomic E-state index is 0.293. The molecule has 26 heavy (non-hydrogen) atoms. The average Bonchev–Trinajstić information content (AvgIpc) is 2.59. The fourth-order valence-electron chi connectivity index (χ4n) is 2.77. The van der Waals surface area contributed by atoms with Crippen LogP contribution in [-0.2, 0) is 10.3 Å². The number of anilines is 1. The van der Waals surface area contributed by atoms with Gasteiger partial charge in [-0.2, -0.15) is 0 Å². The van der Waals surface area contributed by atoms with Crippen LogP contribution in [0.5, 0.6) is 11.5 Å². The number of nitrogens with one attached hydrogen (secondary N) is 1. The van der Waals surface area contributed by atoms with Crippen LogP contribution < -0.4 is 10.1 Å². The first kappa shape index (κ1) is 18.5.